The monoisotopic (exact) mass is 396 g/mol. The number of benzene rings is 2. The van der Waals surface area contributed by atoms with Gasteiger partial charge in [-0.05, 0) is 52.3 Å². The van der Waals surface area contributed by atoms with E-state index in [1.54, 1.807) is 0 Å². The molecule has 0 aliphatic carbocycles. The van der Waals surface area contributed by atoms with Gasteiger partial charge in [0.05, 0.1) is 10.3 Å². The molecule has 0 N–H and O–H groups in total. The lowest BCUT2D eigenvalue weighted by molar-refractivity contribution is 0.596. The summed E-state index contributed by atoms with van der Waals surface area (Å²) in [7, 11) is -3.31. The minimum absolute atomic E-state index is 0.125. The second kappa shape index (κ2) is 5.58. The Hall–Kier alpha value is -1.99. The first-order valence-corrected chi connectivity index (χ1v) is 9.18. The second-order valence-electron chi connectivity index (χ2n) is 5.01. The molecule has 3 aromatic rings. The molecule has 0 unspecified atom stereocenters. The molecule has 2 aromatic carbocycles. The normalized spacial score (nSPS) is 11.8. The fraction of sp³-hybridized carbons (Fsp3) is 0.0625. The van der Waals surface area contributed by atoms with Crippen molar-refractivity contribution in [2.45, 2.75) is 4.90 Å². The van der Waals surface area contributed by atoms with Crippen LogP contribution >= 0.6 is 15.9 Å². The van der Waals surface area contributed by atoms with Crippen molar-refractivity contribution in [2.75, 3.05) is 6.26 Å². The summed E-state index contributed by atoms with van der Waals surface area (Å²) in [4.78, 5) is 12.5. The van der Waals surface area contributed by atoms with Gasteiger partial charge in [0.2, 0.25) is 5.43 Å². The number of fused-ring (bicyclic) bond motifs is 1. The fourth-order valence-corrected chi connectivity index (χ4v) is 3.34. The van der Waals surface area contributed by atoms with E-state index in [4.69, 9.17) is 4.42 Å². The fourth-order valence-electron chi connectivity index (χ4n) is 2.18. The van der Waals surface area contributed by atoms with Gasteiger partial charge in [0.25, 0.3) is 0 Å². The van der Waals surface area contributed by atoms with E-state index in [0.29, 0.717) is 5.56 Å². The maximum absolute atomic E-state index is 13.3. The van der Waals surface area contributed by atoms with Crippen molar-refractivity contribution >= 4 is 36.7 Å². The first-order chi connectivity index (χ1) is 10.8. The van der Waals surface area contributed by atoms with Crippen LogP contribution in [0.25, 0.3) is 22.3 Å². The highest BCUT2D eigenvalue weighted by Crippen LogP contribution is 2.30. The maximum atomic E-state index is 13.3. The van der Waals surface area contributed by atoms with E-state index < -0.39 is 15.7 Å². The maximum Gasteiger partial charge on any atom is 0.207 e. The number of hydrogen-bond acceptors (Lipinski definition) is 4. The van der Waals surface area contributed by atoms with Crippen molar-refractivity contribution in [3.8, 4) is 11.3 Å². The highest BCUT2D eigenvalue weighted by Gasteiger charge is 2.15. The smallest absolute Gasteiger partial charge is 0.207 e. The van der Waals surface area contributed by atoms with Crippen LogP contribution in [0, 0.1) is 5.82 Å². The van der Waals surface area contributed by atoms with E-state index in [9.17, 15) is 17.6 Å². The molecule has 0 bridgehead atoms. The third kappa shape index (κ3) is 2.94. The van der Waals surface area contributed by atoms with Crippen molar-refractivity contribution in [3.63, 3.8) is 0 Å². The predicted octanol–water partition coefficient (Wildman–Crippen LogP) is 3.77. The molecule has 0 amide bonds. The Labute approximate surface area is 139 Å². The van der Waals surface area contributed by atoms with E-state index in [2.05, 4.69) is 15.9 Å². The van der Waals surface area contributed by atoms with Crippen LogP contribution in [0.15, 0.2) is 61.0 Å². The van der Waals surface area contributed by atoms with Crippen LogP contribution < -0.4 is 5.43 Å². The zero-order valence-corrected chi connectivity index (χ0v) is 14.2. The molecule has 0 aliphatic heterocycles. The zero-order valence-electron chi connectivity index (χ0n) is 11.8. The van der Waals surface area contributed by atoms with Crippen LogP contribution in [-0.4, -0.2) is 14.7 Å². The van der Waals surface area contributed by atoms with Crippen molar-refractivity contribution < 1.29 is 17.2 Å². The van der Waals surface area contributed by atoms with E-state index in [1.807, 2.05) is 0 Å². The summed E-state index contributed by atoms with van der Waals surface area (Å²) in [5.74, 6) is -0.297. The SMILES string of the molecule is CS(=O)(=O)c1ccc(-c2oc3cc(F)ccc3c(=O)c2Br)cc1. The molecule has 0 saturated carbocycles. The third-order valence-corrected chi connectivity index (χ3v) is 5.19. The van der Waals surface area contributed by atoms with E-state index in [1.165, 1.54) is 36.4 Å². The summed E-state index contributed by atoms with van der Waals surface area (Å²) in [5, 5.41) is 0.259. The van der Waals surface area contributed by atoms with Crippen LogP contribution in [0.5, 0.6) is 0 Å². The zero-order chi connectivity index (χ0) is 16.8. The molecule has 1 aromatic heterocycles. The Morgan fingerprint density at radius 2 is 1.74 bits per heavy atom. The standard InChI is InChI=1S/C16H10BrFO4S/c1-23(20,21)11-5-2-9(3-6-11)16-14(17)15(19)12-7-4-10(18)8-13(12)22-16/h2-8H,1H3. The molecule has 0 saturated heterocycles. The molecule has 118 valence electrons. The number of sulfone groups is 1. The lowest BCUT2D eigenvalue weighted by atomic mass is 10.1. The summed E-state index contributed by atoms with van der Waals surface area (Å²) in [6, 6.07) is 9.59. The molecule has 1 heterocycles. The minimum Gasteiger partial charge on any atom is -0.455 e. The third-order valence-electron chi connectivity index (χ3n) is 3.34. The van der Waals surface area contributed by atoms with E-state index in [-0.39, 0.29) is 31.5 Å². The van der Waals surface area contributed by atoms with Gasteiger partial charge in [-0.2, -0.15) is 0 Å². The average molecular weight is 397 g/mol. The first kappa shape index (κ1) is 15.9. The molecule has 0 fully saturated rings. The van der Waals surface area contributed by atoms with E-state index >= 15 is 0 Å². The van der Waals surface area contributed by atoms with Crippen LogP contribution in [0.2, 0.25) is 0 Å². The summed E-state index contributed by atoms with van der Waals surface area (Å²) < 4.78 is 42.2. The van der Waals surface area contributed by atoms with Crippen LogP contribution in [0.1, 0.15) is 0 Å². The van der Waals surface area contributed by atoms with Gasteiger partial charge in [0.15, 0.2) is 15.6 Å². The Morgan fingerprint density at radius 1 is 1.09 bits per heavy atom. The van der Waals surface area contributed by atoms with Gasteiger partial charge in [-0.15, -0.1) is 0 Å². The molecule has 0 spiro atoms. The van der Waals surface area contributed by atoms with Gasteiger partial charge in [-0.25, -0.2) is 12.8 Å². The van der Waals surface area contributed by atoms with Crippen LogP contribution in [0.3, 0.4) is 0 Å². The van der Waals surface area contributed by atoms with Gasteiger partial charge < -0.3 is 4.42 Å². The van der Waals surface area contributed by atoms with Gasteiger partial charge in [-0.3, -0.25) is 4.79 Å². The highest BCUT2D eigenvalue weighted by atomic mass is 79.9. The summed E-state index contributed by atoms with van der Waals surface area (Å²) in [6.45, 7) is 0. The van der Waals surface area contributed by atoms with Crippen LogP contribution in [0.4, 0.5) is 4.39 Å². The Morgan fingerprint density at radius 3 is 2.35 bits per heavy atom. The summed E-state index contributed by atoms with van der Waals surface area (Å²) in [6.07, 6.45) is 1.11. The van der Waals surface area contributed by atoms with Crippen LogP contribution in [-0.2, 0) is 9.84 Å². The van der Waals surface area contributed by atoms with Crippen molar-refractivity contribution in [2.24, 2.45) is 0 Å². The average Bonchev–Trinajstić information content (AvgIpc) is 2.50. The van der Waals surface area contributed by atoms with Crippen molar-refractivity contribution in [1.29, 1.82) is 0 Å². The molecule has 4 nitrogen and oxygen atoms in total. The molecule has 0 aliphatic rings. The molecule has 3 rings (SSSR count). The van der Waals surface area contributed by atoms with Crippen molar-refractivity contribution in [3.05, 3.63) is 63.0 Å². The lowest BCUT2D eigenvalue weighted by Crippen LogP contribution is -2.04. The largest absolute Gasteiger partial charge is 0.455 e. The number of halogens is 2. The first-order valence-electron chi connectivity index (χ1n) is 6.50. The van der Waals surface area contributed by atoms with Gasteiger partial charge in [0, 0.05) is 17.9 Å². The quantitative estimate of drug-likeness (QED) is 0.661. The molecule has 23 heavy (non-hydrogen) atoms. The van der Waals surface area contributed by atoms with E-state index in [0.717, 1.165) is 12.3 Å². The highest BCUT2D eigenvalue weighted by molar-refractivity contribution is 9.10. The predicted molar refractivity (Wildman–Crippen MR) is 88.7 cm³/mol. The molecule has 7 heteroatoms. The molecular weight excluding hydrogens is 387 g/mol. The van der Waals surface area contributed by atoms with Gasteiger partial charge in [-0.1, -0.05) is 0 Å². The summed E-state index contributed by atoms with van der Waals surface area (Å²) in [5.41, 5.74) is 0.307. The Balaban J connectivity index is 2.24. The molecule has 0 atom stereocenters. The Kier molecular flexibility index (Phi) is 3.85. The topological polar surface area (TPSA) is 64.3 Å². The number of rotatable bonds is 2. The second-order valence-corrected chi connectivity index (χ2v) is 7.82. The van der Waals surface area contributed by atoms with Gasteiger partial charge in [0.1, 0.15) is 15.9 Å². The molecule has 0 radical (unpaired) electrons. The lowest BCUT2D eigenvalue weighted by Gasteiger charge is -2.07. The molecular formula is C16H10BrFO4S. The minimum atomic E-state index is -3.31. The van der Waals surface area contributed by atoms with Crippen molar-refractivity contribution in [1.82, 2.24) is 0 Å². The Bertz CT molecular complexity index is 1070. The van der Waals surface area contributed by atoms with Gasteiger partial charge >= 0.3 is 0 Å². The summed E-state index contributed by atoms with van der Waals surface area (Å²) >= 11 is 3.20. The number of hydrogen-bond donors (Lipinski definition) is 0.